The number of rotatable bonds is 4. The van der Waals surface area contributed by atoms with E-state index in [1.807, 2.05) is 0 Å². The van der Waals surface area contributed by atoms with E-state index < -0.39 is 22.7 Å². The lowest BCUT2D eigenvalue weighted by atomic mass is 10.1. The van der Waals surface area contributed by atoms with Crippen LogP contribution in [-0.2, 0) is 4.79 Å². The number of hydrogen-bond donors (Lipinski definition) is 2. The maximum absolute atomic E-state index is 12.2. The minimum Gasteiger partial charge on any atom is -0.481 e. The SMILES string of the molecule is Cc1cccc(C(=O)NC2CCC(C(=O)O)C2)c1[N+](=O)[O-]. The van der Waals surface area contributed by atoms with Crippen molar-refractivity contribution in [1.82, 2.24) is 5.32 Å². The third kappa shape index (κ3) is 3.18. The van der Waals surface area contributed by atoms with Crippen molar-refractivity contribution in [3.8, 4) is 0 Å². The average Bonchev–Trinajstić information content (AvgIpc) is 2.86. The molecule has 1 fully saturated rings. The highest BCUT2D eigenvalue weighted by atomic mass is 16.6. The number of carboxylic acids is 1. The number of carbonyl (C=O) groups excluding carboxylic acids is 1. The molecule has 0 heterocycles. The largest absolute Gasteiger partial charge is 0.481 e. The van der Waals surface area contributed by atoms with Crippen LogP contribution < -0.4 is 5.32 Å². The fraction of sp³-hybridized carbons (Fsp3) is 0.429. The Morgan fingerprint density at radius 2 is 2.10 bits per heavy atom. The van der Waals surface area contributed by atoms with E-state index in [0.29, 0.717) is 24.8 Å². The van der Waals surface area contributed by atoms with Crippen molar-refractivity contribution in [2.75, 3.05) is 0 Å². The van der Waals surface area contributed by atoms with Gasteiger partial charge in [-0.3, -0.25) is 19.7 Å². The van der Waals surface area contributed by atoms with Gasteiger partial charge in [0.25, 0.3) is 11.6 Å². The molecule has 2 atom stereocenters. The Morgan fingerprint density at radius 3 is 2.67 bits per heavy atom. The van der Waals surface area contributed by atoms with Crippen molar-refractivity contribution in [2.45, 2.75) is 32.2 Å². The van der Waals surface area contributed by atoms with Gasteiger partial charge in [-0.25, -0.2) is 0 Å². The number of nitrogens with one attached hydrogen (secondary N) is 1. The van der Waals surface area contributed by atoms with E-state index in [1.165, 1.54) is 6.07 Å². The van der Waals surface area contributed by atoms with Crippen LogP contribution in [0.25, 0.3) is 0 Å². The Bertz CT molecular complexity index is 599. The third-order valence-corrected chi connectivity index (χ3v) is 3.78. The number of para-hydroxylation sites is 1. The number of nitro benzene ring substituents is 1. The number of carboxylic acid groups (broad SMARTS) is 1. The van der Waals surface area contributed by atoms with Crippen molar-refractivity contribution >= 4 is 17.6 Å². The van der Waals surface area contributed by atoms with Gasteiger partial charge in [-0.1, -0.05) is 12.1 Å². The van der Waals surface area contributed by atoms with E-state index in [0.717, 1.165) is 0 Å². The van der Waals surface area contributed by atoms with Gasteiger partial charge in [-0.05, 0) is 32.3 Å². The topological polar surface area (TPSA) is 110 Å². The quantitative estimate of drug-likeness (QED) is 0.650. The smallest absolute Gasteiger partial charge is 0.306 e. The molecule has 0 bridgehead atoms. The molecule has 7 heteroatoms. The Balaban J connectivity index is 2.13. The van der Waals surface area contributed by atoms with Gasteiger partial charge in [0.05, 0.1) is 10.8 Å². The molecule has 1 aliphatic rings. The normalized spacial score (nSPS) is 21.0. The molecule has 1 saturated carbocycles. The summed E-state index contributed by atoms with van der Waals surface area (Å²) in [5, 5.41) is 22.7. The summed E-state index contributed by atoms with van der Waals surface area (Å²) in [6, 6.07) is 4.32. The molecule has 7 nitrogen and oxygen atoms in total. The standard InChI is InChI=1S/C14H16N2O5/c1-8-3-2-4-11(12(8)16(20)21)13(17)15-10-6-5-9(7-10)14(18)19/h2-4,9-10H,5-7H2,1H3,(H,15,17)(H,18,19). The molecule has 2 rings (SSSR count). The first-order valence-corrected chi connectivity index (χ1v) is 6.67. The lowest BCUT2D eigenvalue weighted by molar-refractivity contribution is -0.385. The van der Waals surface area contributed by atoms with E-state index in [-0.39, 0.29) is 17.3 Å². The molecule has 1 aromatic rings. The van der Waals surface area contributed by atoms with Crippen LogP contribution in [0.1, 0.15) is 35.2 Å². The second-order valence-electron chi connectivity index (χ2n) is 5.25. The monoisotopic (exact) mass is 292 g/mol. The van der Waals surface area contributed by atoms with Crippen molar-refractivity contribution in [3.63, 3.8) is 0 Å². The minimum absolute atomic E-state index is 0.0128. The molecule has 0 aliphatic heterocycles. The Morgan fingerprint density at radius 1 is 1.38 bits per heavy atom. The number of hydrogen-bond acceptors (Lipinski definition) is 4. The minimum atomic E-state index is -0.867. The van der Waals surface area contributed by atoms with Gasteiger partial charge in [0, 0.05) is 11.6 Å². The molecule has 1 aliphatic carbocycles. The van der Waals surface area contributed by atoms with Crippen LogP contribution in [0.4, 0.5) is 5.69 Å². The van der Waals surface area contributed by atoms with Gasteiger partial charge >= 0.3 is 5.97 Å². The van der Waals surface area contributed by atoms with E-state index in [1.54, 1.807) is 19.1 Å². The van der Waals surface area contributed by atoms with Gasteiger partial charge in [0.2, 0.25) is 0 Å². The number of benzene rings is 1. The summed E-state index contributed by atoms with van der Waals surface area (Å²) in [7, 11) is 0. The zero-order chi connectivity index (χ0) is 15.6. The lowest BCUT2D eigenvalue weighted by Crippen LogP contribution is -2.33. The van der Waals surface area contributed by atoms with E-state index >= 15 is 0 Å². The van der Waals surface area contributed by atoms with E-state index in [9.17, 15) is 19.7 Å². The molecule has 0 aromatic heterocycles. The number of carbonyl (C=O) groups is 2. The molecular formula is C14H16N2O5. The van der Waals surface area contributed by atoms with Gasteiger partial charge in [0.15, 0.2) is 0 Å². The van der Waals surface area contributed by atoms with Crippen molar-refractivity contribution < 1.29 is 19.6 Å². The molecule has 0 radical (unpaired) electrons. The average molecular weight is 292 g/mol. The van der Waals surface area contributed by atoms with Crippen LogP contribution in [0.15, 0.2) is 18.2 Å². The zero-order valence-corrected chi connectivity index (χ0v) is 11.5. The van der Waals surface area contributed by atoms with Gasteiger partial charge in [-0.2, -0.15) is 0 Å². The van der Waals surface area contributed by atoms with Gasteiger partial charge < -0.3 is 10.4 Å². The second kappa shape index (κ2) is 5.90. The molecule has 112 valence electrons. The maximum atomic E-state index is 12.2. The van der Waals surface area contributed by atoms with E-state index in [4.69, 9.17) is 5.11 Å². The number of aryl methyl sites for hydroxylation is 1. The Hall–Kier alpha value is -2.44. The van der Waals surface area contributed by atoms with Gasteiger partial charge in [0.1, 0.15) is 5.56 Å². The maximum Gasteiger partial charge on any atom is 0.306 e. The summed E-state index contributed by atoms with van der Waals surface area (Å²) in [6.07, 6.45) is 1.44. The Kier molecular flexibility index (Phi) is 4.21. The predicted octanol–water partition coefficient (Wildman–Crippen LogP) is 1.89. The molecule has 2 unspecified atom stereocenters. The number of aliphatic carboxylic acids is 1. The van der Waals surface area contributed by atoms with Crippen LogP contribution in [0.3, 0.4) is 0 Å². The highest BCUT2D eigenvalue weighted by Crippen LogP contribution is 2.27. The molecule has 0 spiro atoms. The summed E-state index contributed by atoms with van der Waals surface area (Å²) in [5.41, 5.74) is 0.226. The number of nitro groups is 1. The molecule has 1 aromatic carbocycles. The lowest BCUT2D eigenvalue weighted by Gasteiger charge is -2.13. The molecule has 21 heavy (non-hydrogen) atoms. The molecule has 0 saturated heterocycles. The van der Waals surface area contributed by atoms with Crippen molar-refractivity contribution in [2.24, 2.45) is 5.92 Å². The highest BCUT2D eigenvalue weighted by molar-refractivity contribution is 5.98. The highest BCUT2D eigenvalue weighted by Gasteiger charge is 2.32. The fourth-order valence-electron chi connectivity index (χ4n) is 2.68. The van der Waals surface area contributed by atoms with Crippen molar-refractivity contribution in [1.29, 1.82) is 0 Å². The fourth-order valence-corrected chi connectivity index (χ4v) is 2.68. The first kappa shape index (κ1) is 15.0. The van der Waals surface area contributed by atoms with Crippen LogP contribution in [0.5, 0.6) is 0 Å². The second-order valence-corrected chi connectivity index (χ2v) is 5.25. The summed E-state index contributed by atoms with van der Waals surface area (Å²) in [6.45, 7) is 1.57. The van der Waals surface area contributed by atoms with Gasteiger partial charge in [-0.15, -0.1) is 0 Å². The summed E-state index contributed by atoms with van der Waals surface area (Å²) in [5.74, 6) is -1.85. The molecule has 1 amide bonds. The van der Waals surface area contributed by atoms with Crippen LogP contribution in [-0.4, -0.2) is 27.9 Å². The van der Waals surface area contributed by atoms with E-state index in [2.05, 4.69) is 5.32 Å². The van der Waals surface area contributed by atoms with Crippen LogP contribution in [0, 0.1) is 23.0 Å². The van der Waals surface area contributed by atoms with Crippen LogP contribution in [0.2, 0.25) is 0 Å². The first-order chi connectivity index (χ1) is 9.90. The van der Waals surface area contributed by atoms with Crippen LogP contribution >= 0.6 is 0 Å². The summed E-state index contributed by atoms with van der Waals surface area (Å²) >= 11 is 0. The number of nitrogens with zero attached hydrogens (tertiary/aromatic N) is 1. The summed E-state index contributed by atoms with van der Waals surface area (Å²) < 4.78 is 0. The third-order valence-electron chi connectivity index (χ3n) is 3.78. The first-order valence-electron chi connectivity index (χ1n) is 6.67. The zero-order valence-electron chi connectivity index (χ0n) is 11.5. The number of amides is 1. The molecular weight excluding hydrogens is 276 g/mol. The summed E-state index contributed by atoms with van der Waals surface area (Å²) in [4.78, 5) is 33.6. The molecule has 2 N–H and O–H groups in total. The predicted molar refractivity (Wildman–Crippen MR) is 74.1 cm³/mol. The van der Waals surface area contributed by atoms with Crippen molar-refractivity contribution in [3.05, 3.63) is 39.4 Å². The Labute approximate surface area is 121 Å².